The second kappa shape index (κ2) is 11.4. The molecule has 2 aromatic heterocycles. The van der Waals surface area contributed by atoms with Crippen molar-refractivity contribution in [3.8, 4) is 0 Å². The topological polar surface area (TPSA) is 115 Å². The number of carbonyl (C=O) groups is 2. The zero-order valence-electron chi connectivity index (χ0n) is 18.4. The summed E-state index contributed by atoms with van der Waals surface area (Å²) in [4.78, 5) is 27.2. The molecule has 2 aliphatic heterocycles. The highest BCUT2D eigenvalue weighted by Gasteiger charge is 2.46. The van der Waals surface area contributed by atoms with E-state index in [1.165, 1.54) is 12.5 Å². The molecule has 1 spiro atoms. The second-order valence-electron chi connectivity index (χ2n) is 8.10. The largest absolute Gasteiger partial charge is 0.490 e. The summed E-state index contributed by atoms with van der Waals surface area (Å²) in [5.41, 5.74) is 1.55. The van der Waals surface area contributed by atoms with E-state index in [0.29, 0.717) is 31.2 Å². The molecule has 1 amide bonds. The summed E-state index contributed by atoms with van der Waals surface area (Å²) in [6, 6.07) is 3.95. The third-order valence-electron chi connectivity index (χ3n) is 6.05. The molecular formula is C22H26F3N3O6. The van der Waals surface area contributed by atoms with Gasteiger partial charge in [0, 0.05) is 38.7 Å². The van der Waals surface area contributed by atoms with Crippen LogP contribution in [0.15, 0.2) is 41.5 Å². The number of rotatable bonds is 6. The third-order valence-corrected chi connectivity index (χ3v) is 6.05. The molecule has 4 heterocycles. The highest BCUT2D eigenvalue weighted by molar-refractivity contribution is 5.93. The van der Waals surface area contributed by atoms with Crippen LogP contribution < -0.4 is 0 Å². The number of carboxylic acids is 1. The number of amides is 1. The molecule has 1 atom stereocenters. The molecule has 2 aromatic rings. The van der Waals surface area contributed by atoms with Crippen LogP contribution in [0.4, 0.5) is 13.2 Å². The first-order valence-corrected chi connectivity index (χ1v) is 10.8. The van der Waals surface area contributed by atoms with Crippen LogP contribution in [0.5, 0.6) is 0 Å². The Bertz CT molecular complexity index is 916. The number of aromatic nitrogens is 2. The fourth-order valence-electron chi connectivity index (χ4n) is 4.22. The number of nitrogens with zero attached hydrogens (tertiary/aromatic N) is 3. The van der Waals surface area contributed by atoms with E-state index in [2.05, 4.69) is 10.1 Å². The van der Waals surface area contributed by atoms with Gasteiger partial charge in [-0.3, -0.25) is 9.78 Å². The van der Waals surface area contributed by atoms with Crippen molar-refractivity contribution in [2.45, 2.75) is 44.1 Å². The van der Waals surface area contributed by atoms with Gasteiger partial charge < -0.3 is 24.0 Å². The van der Waals surface area contributed by atoms with Crippen LogP contribution in [0, 0.1) is 5.92 Å². The number of pyridine rings is 1. The van der Waals surface area contributed by atoms with E-state index in [9.17, 15) is 18.0 Å². The van der Waals surface area contributed by atoms with Gasteiger partial charge in [-0.2, -0.15) is 13.2 Å². The predicted octanol–water partition coefficient (Wildman–Crippen LogP) is 3.32. The smallest absolute Gasteiger partial charge is 0.475 e. The quantitative estimate of drug-likeness (QED) is 0.620. The Labute approximate surface area is 193 Å². The first kappa shape index (κ1) is 25.6. The maximum Gasteiger partial charge on any atom is 0.490 e. The molecule has 2 aliphatic rings. The minimum absolute atomic E-state index is 0.0127. The lowest BCUT2D eigenvalue weighted by atomic mass is 9.78. The molecular weight excluding hydrogens is 459 g/mol. The van der Waals surface area contributed by atoms with Gasteiger partial charge in [0.2, 0.25) is 0 Å². The maximum atomic E-state index is 12.5. The number of hydrogen-bond acceptors (Lipinski definition) is 7. The second-order valence-corrected chi connectivity index (χ2v) is 8.10. The van der Waals surface area contributed by atoms with Crippen molar-refractivity contribution in [2.75, 3.05) is 26.3 Å². The van der Waals surface area contributed by atoms with Crippen molar-refractivity contribution in [1.82, 2.24) is 15.0 Å². The third kappa shape index (κ3) is 6.76. The fraction of sp³-hybridized carbons (Fsp3) is 0.545. The molecule has 1 N–H and O–H groups in total. The van der Waals surface area contributed by atoms with Crippen molar-refractivity contribution in [3.63, 3.8) is 0 Å². The Kier molecular flexibility index (Phi) is 8.61. The van der Waals surface area contributed by atoms with Crippen LogP contribution in [0.25, 0.3) is 0 Å². The van der Waals surface area contributed by atoms with Gasteiger partial charge in [0.15, 0.2) is 0 Å². The van der Waals surface area contributed by atoms with Crippen molar-refractivity contribution in [1.29, 1.82) is 0 Å². The average molecular weight is 485 g/mol. The highest BCUT2D eigenvalue weighted by Crippen LogP contribution is 2.42. The summed E-state index contributed by atoms with van der Waals surface area (Å²) in [6.07, 6.45) is 5.17. The van der Waals surface area contributed by atoms with Crippen molar-refractivity contribution < 1.29 is 41.9 Å². The first-order chi connectivity index (χ1) is 16.2. The number of ether oxygens (including phenoxy) is 2. The van der Waals surface area contributed by atoms with Crippen molar-refractivity contribution in [3.05, 3.63) is 48.1 Å². The number of carboxylic acid groups (broad SMARTS) is 1. The van der Waals surface area contributed by atoms with Gasteiger partial charge in [0.1, 0.15) is 6.26 Å². The highest BCUT2D eigenvalue weighted by atomic mass is 19.4. The predicted molar refractivity (Wildman–Crippen MR) is 111 cm³/mol. The molecule has 0 bridgehead atoms. The summed E-state index contributed by atoms with van der Waals surface area (Å²) in [6.45, 7) is 3.55. The van der Waals surface area contributed by atoms with Crippen LogP contribution >= 0.6 is 0 Å². The number of aliphatic carboxylic acids is 1. The van der Waals surface area contributed by atoms with Crippen LogP contribution in [0.1, 0.15) is 41.6 Å². The molecule has 0 saturated carbocycles. The Hall–Kier alpha value is -2.99. The molecule has 12 heteroatoms. The lowest BCUT2D eigenvalue weighted by molar-refractivity contribution is -0.192. The summed E-state index contributed by atoms with van der Waals surface area (Å²) in [5, 5.41) is 10.7. The molecule has 9 nitrogen and oxygen atoms in total. The zero-order chi connectivity index (χ0) is 24.6. The summed E-state index contributed by atoms with van der Waals surface area (Å²) < 4.78 is 48.6. The Morgan fingerprint density at radius 1 is 1.24 bits per heavy atom. The van der Waals surface area contributed by atoms with E-state index in [1.54, 1.807) is 12.4 Å². The van der Waals surface area contributed by atoms with Gasteiger partial charge in [0.05, 0.1) is 24.0 Å². The van der Waals surface area contributed by atoms with Gasteiger partial charge in [-0.05, 0) is 49.3 Å². The SMILES string of the molecule is O=C(O)C(F)(F)F.O=C(c1cnoc1)N1CCC2(CC1)OCCC2CCOCc1ccncc1. The molecule has 1 unspecified atom stereocenters. The molecule has 0 radical (unpaired) electrons. The number of alkyl halides is 3. The summed E-state index contributed by atoms with van der Waals surface area (Å²) >= 11 is 0. The van der Waals surface area contributed by atoms with Crippen LogP contribution in [-0.4, -0.2) is 70.1 Å². The first-order valence-electron chi connectivity index (χ1n) is 10.8. The molecule has 0 aromatic carbocycles. The molecule has 0 aliphatic carbocycles. The number of piperidine rings is 1. The lowest BCUT2D eigenvalue weighted by Gasteiger charge is -2.42. The van der Waals surface area contributed by atoms with E-state index >= 15 is 0 Å². The normalized spacial score (nSPS) is 19.5. The number of halogens is 3. The van der Waals surface area contributed by atoms with Crippen LogP contribution in [0.3, 0.4) is 0 Å². The molecule has 4 rings (SSSR count). The minimum Gasteiger partial charge on any atom is -0.475 e. The average Bonchev–Trinajstić information content (AvgIpc) is 3.48. The molecule has 2 fully saturated rings. The van der Waals surface area contributed by atoms with Gasteiger partial charge in [-0.1, -0.05) is 5.16 Å². The Balaban J connectivity index is 0.000000406. The van der Waals surface area contributed by atoms with E-state index in [4.69, 9.17) is 23.9 Å². The number of likely N-dealkylation sites (tertiary alicyclic amines) is 1. The van der Waals surface area contributed by atoms with Gasteiger partial charge >= 0.3 is 12.1 Å². The maximum absolute atomic E-state index is 12.5. The van der Waals surface area contributed by atoms with Crippen molar-refractivity contribution in [2.24, 2.45) is 5.92 Å². The van der Waals surface area contributed by atoms with Gasteiger partial charge in [-0.15, -0.1) is 0 Å². The molecule has 34 heavy (non-hydrogen) atoms. The van der Waals surface area contributed by atoms with E-state index in [-0.39, 0.29) is 11.5 Å². The molecule has 186 valence electrons. The van der Waals surface area contributed by atoms with E-state index in [0.717, 1.165) is 44.5 Å². The Morgan fingerprint density at radius 3 is 2.50 bits per heavy atom. The summed E-state index contributed by atoms with van der Waals surface area (Å²) in [7, 11) is 0. The standard InChI is InChI=1S/C20H25N3O4.C2HF3O2/c24-19(17-13-22-27-15-17)23-9-5-20(6-10-23)18(4-12-26-20)3-11-25-14-16-1-7-21-8-2-16;3-2(4,5)1(6)7/h1-2,7-8,13,15,18H,3-6,9-12,14H2;(H,6,7). The van der Waals surface area contributed by atoms with E-state index in [1.807, 2.05) is 17.0 Å². The number of hydrogen-bond donors (Lipinski definition) is 1. The lowest BCUT2D eigenvalue weighted by Crippen LogP contribution is -2.49. The monoisotopic (exact) mass is 485 g/mol. The van der Waals surface area contributed by atoms with Gasteiger partial charge in [-0.25, -0.2) is 4.79 Å². The minimum atomic E-state index is -5.08. The zero-order valence-corrected chi connectivity index (χ0v) is 18.4. The summed E-state index contributed by atoms with van der Waals surface area (Å²) in [5.74, 6) is -2.28. The van der Waals surface area contributed by atoms with E-state index < -0.39 is 12.1 Å². The van der Waals surface area contributed by atoms with Gasteiger partial charge in [0.25, 0.3) is 5.91 Å². The van der Waals surface area contributed by atoms with Crippen molar-refractivity contribution >= 4 is 11.9 Å². The van der Waals surface area contributed by atoms with Crippen LogP contribution in [0.2, 0.25) is 0 Å². The molecule has 2 saturated heterocycles. The van der Waals surface area contributed by atoms with Crippen LogP contribution in [-0.2, 0) is 20.9 Å². The number of carbonyl (C=O) groups excluding carboxylic acids is 1. The Morgan fingerprint density at radius 2 is 1.91 bits per heavy atom. The fourth-order valence-corrected chi connectivity index (χ4v) is 4.22.